The molecule has 23 heavy (non-hydrogen) atoms. The molecule has 0 aliphatic carbocycles. The van der Waals surface area contributed by atoms with Gasteiger partial charge in [-0.05, 0) is 17.7 Å². The van der Waals surface area contributed by atoms with Crippen LogP contribution in [0.4, 0.5) is 0 Å². The van der Waals surface area contributed by atoms with Crippen molar-refractivity contribution in [1.82, 2.24) is 0 Å². The van der Waals surface area contributed by atoms with E-state index in [1.54, 1.807) is 24.3 Å². The van der Waals surface area contributed by atoms with Crippen LogP contribution in [0.5, 0.6) is 0 Å². The minimum absolute atomic E-state index is 0.361. The summed E-state index contributed by atoms with van der Waals surface area (Å²) in [7, 11) is 0.358. The number of carbonyl (C=O) groups excluding carboxylic acids is 1. The molecule has 0 spiro atoms. The van der Waals surface area contributed by atoms with E-state index >= 15 is 0 Å². The molecule has 120 valence electrons. The third-order valence-electron chi connectivity index (χ3n) is 3.52. The molecule has 6 nitrogen and oxygen atoms in total. The molecule has 1 aromatic rings. The molecule has 2 rings (SSSR count). The number of benzene rings is 1. The molecule has 0 aromatic heterocycles. The lowest BCUT2D eigenvalue weighted by molar-refractivity contribution is -0.126. The van der Waals surface area contributed by atoms with E-state index in [4.69, 9.17) is 26.3 Å². The fraction of sp³-hybridized carbons (Fsp3) is 0.250. The van der Waals surface area contributed by atoms with Gasteiger partial charge in [0.05, 0.1) is 0 Å². The Morgan fingerprint density at radius 3 is 2.30 bits per heavy atom. The Bertz CT molecular complexity index is 788. The monoisotopic (exact) mass is 353 g/mol. The summed E-state index contributed by atoms with van der Waals surface area (Å²) >= 11 is 5.83. The summed E-state index contributed by atoms with van der Waals surface area (Å²) in [6.07, 6.45) is 0. The van der Waals surface area contributed by atoms with Crippen molar-refractivity contribution in [3.05, 3.63) is 46.5 Å². The maximum Gasteiger partial charge on any atom is 0.299 e. The van der Waals surface area contributed by atoms with Gasteiger partial charge in [0, 0.05) is 9.57 Å². The highest BCUT2D eigenvalue weighted by atomic mass is 35.5. The lowest BCUT2D eigenvalue weighted by atomic mass is 9.71. The first-order chi connectivity index (χ1) is 10.4. The topological polar surface area (TPSA) is 95.7 Å². The number of carbonyl (C=O) groups is 1. The number of ether oxygens (including phenoxy) is 1. The van der Waals surface area contributed by atoms with Gasteiger partial charge in [0.1, 0.15) is 15.7 Å². The van der Waals surface area contributed by atoms with E-state index in [1.165, 1.54) is 30.5 Å². The Labute approximate surface area is 142 Å². The number of hydrogen-bond acceptors (Lipinski definition) is 6. The van der Waals surface area contributed by atoms with Crippen LogP contribution in [0.25, 0.3) is 0 Å². The molecule has 0 saturated heterocycles. The second-order valence-electron chi connectivity index (χ2n) is 6.31. The molecule has 0 radical (unpaired) electrons. The fourth-order valence-electron chi connectivity index (χ4n) is 1.91. The van der Waals surface area contributed by atoms with Gasteiger partial charge in [0.25, 0.3) is 10.1 Å². The standard InChI is InChI=1S/C12H15B3ClNO5S/c1-11(13,14)23(19,20)22-8-9(18)12(15,21-10(8)17)6-2-4-7(16)5-3-6/h2-5H,13-15,17H2,1H3. The molecule has 1 unspecified atom stereocenters. The first-order valence-corrected chi connectivity index (χ1v) is 8.61. The van der Waals surface area contributed by atoms with Gasteiger partial charge in [-0.1, -0.05) is 30.7 Å². The number of Topliss-reactive ketones (excluding diaryl/α,β-unsaturated/α-hetero) is 1. The summed E-state index contributed by atoms with van der Waals surface area (Å²) in [4.78, 5) is 12.6. The zero-order chi connectivity index (χ0) is 17.6. The van der Waals surface area contributed by atoms with E-state index in [1.807, 2.05) is 0 Å². The van der Waals surface area contributed by atoms with E-state index < -0.39 is 31.7 Å². The first-order valence-electron chi connectivity index (χ1n) is 6.82. The summed E-state index contributed by atoms with van der Waals surface area (Å²) in [5, 5.41) is 0.496. The highest BCUT2D eigenvalue weighted by molar-refractivity contribution is 7.91. The molecule has 0 bridgehead atoms. The van der Waals surface area contributed by atoms with Crippen LogP contribution in [0.1, 0.15) is 12.5 Å². The van der Waals surface area contributed by atoms with Gasteiger partial charge in [-0.25, -0.2) is 0 Å². The van der Waals surface area contributed by atoms with Gasteiger partial charge < -0.3 is 14.7 Å². The van der Waals surface area contributed by atoms with Gasteiger partial charge in [0.15, 0.2) is 13.3 Å². The quantitative estimate of drug-likeness (QED) is 0.504. The highest BCUT2D eigenvalue weighted by Gasteiger charge is 2.50. The maximum absolute atomic E-state index is 12.6. The van der Waals surface area contributed by atoms with Gasteiger partial charge in [-0.2, -0.15) is 8.42 Å². The zero-order valence-electron chi connectivity index (χ0n) is 13.2. The normalized spacial score (nSPS) is 22.1. The number of nitrogens with two attached hydrogens (primary N) is 1. The Balaban J connectivity index is 2.37. The molecule has 2 N–H and O–H groups in total. The van der Waals surface area contributed by atoms with Crippen molar-refractivity contribution in [3.8, 4) is 0 Å². The van der Waals surface area contributed by atoms with E-state index in [0.717, 1.165) is 0 Å². The van der Waals surface area contributed by atoms with Gasteiger partial charge >= 0.3 is 0 Å². The predicted molar refractivity (Wildman–Crippen MR) is 94.5 cm³/mol. The number of ketones is 1. The molecule has 0 amide bonds. The third-order valence-corrected chi connectivity index (χ3v) is 5.65. The Morgan fingerprint density at radius 1 is 1.30 bits per heavy atom. The Kier molecular flexibility index (Phi) is 4.28. The van der Waals surface area contributed by atoms with Crippen molar-refractivity contribution in [2.24, 2.45) is 5.73 Å². The second kappa shape index (κ2) is 5.52. The van der Waals surface area contributed by atoms with Crippen LogP contribution < -0.4 is 5.73 Å². The number of rotatable bonds is 4. The minimum Gasteiger partial charge on any atom is -0.467 e. The summed E-state index contributed by atoms with van der Waals surface area (Å²) in [6.45, 7) is 1.46. The summed E-state index contributed by atoms with van der Waals surface area (Å²) < 4.78 is 33.5. The second-order valence-corrected chi connectivity index (χ2v) is 9.05. The molecule has 1 atom stereocenters. The Hall–Kier alpha value is -1.54. The highest BCUT2D eigenvalue weighted by Crippen LogP contribution is 2.36. The molecule has 11 heteroatoms. The SMILES string of the molecule is BC1(c2ccc(Cl)cc2)OC(N)=C(OS(=O)(=O)C(B)(B)C)C1=O. The van der Waals surface area contributed by atoms with Crippen molar-refractivity contribution < 1.29 is 22.1 Å². The molecule has 1 aliphatic heterocycles. The van der Waals surface area contributed by atoms with Crippen molar-refractivity contribution in [3.63, 3.8) is 0 Å². The summed E-state index contributed by atoms with van der Waals surface area (Å²) in [6, 6.07) is 6.41. The van der Waals surface area contributed by atoms with Crippen LogP contribution in [-0.2, 0) is 29.3 Å². The molecular weight excluding hydrogens is 338 g/mol. The zero-order valence-corrected chi connectivity index (χ0v) is 14.8. The molecule has 0 fully saturated rings. The van der Waals surface area contributed by atoms with Crippen molar-refractivity contribution >= 4 is 51.0 Å². The number of hydrogen-bond donors (Lipinski definition) is 1. The minimum atomic E-state index is -4.05. The van der Waals surface area contributed by atoms with Gasteiger partial charge in [0.2, 0.25) is 17.4 Å². The van der Waals surface area contributed by atoms with Crippen LogP contribution >= 0.6 is 11.6 Å². The molecule has 0 saturated carbocycles. The first kappa shape index (κ1) is 17.8. The average molecular weight is 353 g/mol. The lowest BCUT2D eigenvalue weighted by Crippen LogP contribution is -2.40. The average Bonchev–Trinajstić information content (AvgIpc) is 2.62. The van der Waals surface area contributed by atoms with Crippen molar-refractivity contribution in [2.75, 3.05) is 0 Å². The van der Waals surface area contributed by atoms with Gasteiger partial charge in [-0.3, -0.25) is 4.79 Å². The third kappa shape index (κ3) is 3.10. The van der Waals surface area contributed by atoms with Gasteiger partial charge in [-0.15, -0.1) is 0 Å². The van der Waals surface area contributed by atoms with Crippen LogP contribution in [0, 0.1) is 0 Å². The number of halogens is 1. The van der Waals surface area contributed by atoms with E-state index in [0.29, 0.717) is 10.6 Å². The Morgan fingerprint density at radius 2 is 1.83 bits per heavy atom. The molecule has 1 heterocycles. The van der Waals surface area contributed by atoms with Crippen LogP contribution in [-0.4, -0.2) is 42.3 Å². The van der Waals surface area contributed by atoms with E-state index in [2.05, 4.69) is 0 Å². The molecule has 1 aliphatic rings. The lowest BCUT2D eigenvalue weighted by Gasteiger charge is -2.23. The summed E-state index contributed by atoms with van der Waals surface area (Å²) in [5.74, 6) is -1.53. The molecule has 1 aromatic carbocycles. The van der Waals surface area contributed by atoms with Crippen molar-refractivity contribution in [1.29, 1.82) is 0 Å². The van der Waals surface area contributed by atoms with Crippen LogP contribution in [0.2, 0.25) is 5.02 Å². The largest absolute Gasteiger partial charge is 0.467 e. The maximum atomic E-state index is 12.6. The fourth-order valence-corrected chi connectivity index (χ4v) is 2.67. The smallest absolute Gasteiger partial charge is 0.299 e. The van der Waals surface area contributed by atoms with Crippen LogP contribution in [0.3, 0.4) is 0 Å². The summed E-state index contributed by atoms with van der Waals surface area (Å²) in [5.41, 5.74) is 4.71. The van der Waals surface area contributed by atoms with Crippen molar-refractivity contribution in [2.45, 2.75) is 17.0 Å². The van der Waals surface area contributed by atoms with E-state index in [9.17, 15) is 13.2 Å². The van der Waals surface area contributed by atoms with Crippen LogP contribution in [0.15, 0.2) is 35.9 Å². The molecular formula is C12H15B3ClNO5S. The predicted octanol–water partition coefficient (Wildman–Crippen LogP) is -1.86. The van der Waals surface area contributed by atoms with E-state index in [-0.39, 0.29) is 5.88 Å².